The summed E-state index contributed by atoms with van der Waals surface area (Å²) in [5.41, 5.74) is 0.426. The molecule has 0 aliphatic carbocycles. The molecular formula is C22H18FN5O4. The number of carbonyl (C=O) groups is 3. The second-order valence-electron chi connectivity index (χ2n) is 7.25. The van der Waals surface area contributed by atoms with E-state index in [1.54, 1.807) is 0 Å². The molecule has 2 aliphatic rings. The highest BCUT2D eigenvalue weighted by atomic mass is 19.1. The highest BCUT2D eigenvalue weighted by molar-refractivity contribution is 6.05. The lowest BCUT2D eigenvalue weighted by Gasteiger charge is -2.29. The van der Waals surface area contributed by atoms with Crippen LogP contribution in [-0.2, 0) is 22.7 Å². The molecule has 1 atom stereocenters. The molecule has 1 saturated heterocycles. The molecule has 0 radical (unpaired) electrons. The number of imide groups is 1. The number of piperidine rings is 1. The molecule has 0 saturated carbocycles. The van der Waals surface area contributed by atoms with Crippen molar-refractivity contribution in [2.45, 2.75) is 32.0 Å². The summed E-state index contributed by atoms with van der Waals surface area (Å²) in [6.45, 7) is -0.258. The van der Waals surface area contributed by atoms with Gasteiger partial charge in [-0.15, -0.1) is 5.10 Å². The molecule has 32 heavy (non-hydrogen) atoms. The van der Waals surface area contributed by atoms with E-state index in [1.807, 2.05) is 0 Å². The summed E-state index contributed by atoms with van der Waals surface area (Å²) in [5.74, 6) is -2.24. The third-order valence-electron chi connectivity index (χ3n) is 5.21. The first-order chi connectivity index (χ1) is 17.6. The van der Waals surface area contributed by atoms with Gasteiger partial charge in [0, 0.05) is 18.1 Å². The van der Waals surface area contributed by atoms with Crippen LogP contribution in [-0.4, -0.2) is 43.7 Å². The Labute approximate surface area is 188 Å². The summed E-state index contributed by atoms with van der Waals surface area (Å²) in [5, 5.41) is 9.94. The van der Waals surface area contributed by atoms with Crippen molar-refractivity contribution in [2.75, 3.05) is 0 Å². The number of benzene rings is 2. The van der Waals surface area contributed by atoms with Crippen molar-refractivity contribution < 1.29 is 30.4 Å². The molecule has 3 aromatic rings. The maximum Gasteiger partial charge on any atom is 0.255 e. The molecule has 0 bridgehead atoms. The topological polar surface area (TPSA) is 106 Å². The number of nitrogens with zero attached hydrogens (tertiary/aromatic N) is 4. The zero-order valence-electron chi connectivity index (χ0n) is 21.4. The molecule has 1 unspecified atom stereocenters. The highest BCUT2D eigenvalue weighted by Gasteiger charge is 2.40. The average Bonchev–Trinajstić information content (AvgIpc) is 3.45. The Balaban J connectivity index is 1.38. The number of carbonyl (C=O) groups excluding carboxylic acids is 3. The zero-order chi connectivity index (χ0) is 26.6. The van der Waals surface area contributed by atoms with Crippen LogP contribution in [0.4, 0.5) is 4.39 Å². The number of para-hydroxylation sites is 1. The van der Waals surface area contributed by atoms with Crippen molar-refractivity contribution in [3.8, 4) is 11.4 Å². The summed E-state index contributed by atoms with van der Waals surface area (Å²) < 4.78 is 60.5. The number of ether oxygens (including phenoxy) is 1. The van der Waals surface area contributed by atoms with Gasteiger partial charge in [0.15, 0.2) is 0 Å². The third-order valence-corrected chi connectivity index (χ3v) is 5.21. The largest absolute Gasteiger partial charge is 0.487 e. The first-order valence-electron chi connectivity index (χ1n) is 12.1. The monoisotopic (exact) mass is 440 g/mol. The van der Waals surface area contributed by atoms with Gasteiger partial charge in [-0.2, -0.15) is 0 Å². The zero-order valence-corrected chi connectivity index (χ0v) is 16.4. The van der Waals surface area contributed by atoms with Crippen molar-refractivity contribution >= 4 is 17.7 Å². The van der Waals surface area contributed by atoms with E-state index in [2.05, 4.69) is 15.6 Å². The van der Waals surface area contributed by atoms with Crippen LogP contribution in [0.5, 0.6) is 5.75 Å². The molecule has 1 N–H and O–H groups in total. The van der Waals surface area contributed by atoms with Gasteiger partial charge in [0.2, 0.25) is 11.8 Å². The second-order valence-corrected chi connectivity index (χ2v) is 7.25. The average molecular weight is 440 g/mol. The molecule has 162 valence electrons. The van der Waals surface area contributed by atoms with Gasteiger partial charge in [-0.05, 0) is 24.6 Å². The number of rotatable bonds is 5. The first kappa shape index (κ1) is 14.8. The van der Waals surface area contributed by atoms with Crippen molar-refractivity contribution in [3.63, 3.8) is 0 Å². The Morgan fingerprint density at radius 1 is 1.22 bits per heavy atom. The summed E-state index contributed by atoms with van der Waals surface area (Å²) in [6.07, 6.45) is 1.55. The fourth-order valence-corrected chi connectivity index (χ4v) is 3.71. The van der Waals surface area contributed by atoms with Crippen LogP contribution in [0, 0.1) is 5.82 Å². The SMILES string of the molecule is [2H]c1c([2H])c([2H])c(-n2cc(COc3cc(F)cc4c3CN(C3CCC(=O)NC3=O)C4=O)nn2)c([2H])c1[2H]. The number of nitrogens with one attached hydrogen (secondary N) is 1. The molecule has 10 heteroatoms. The van der Waals surface area contributed by atoms with Gasteiger partial charge in [0.1, 0.15) is 29.9 Å². The normalized spacial score (nSPS) is 20.2. The van der Waals surface area contributed by atoms with Crippen molar-refractivity contribution in [3.05, 3.63) is 71.2 Å². The van der Waals surface area contributed by atoms with E-state index in [1.165, 1.54) is 11.1 Å². The number of hydrogen-bond acceptors (Lipinski definition) is 6. The van der Waals surface area contributed by atoms with Crippen LogP contribution in [0.1, 0.15) is 41.3 Å². The Morgan fingerprint density at radius 2 is 2.03 bits per heavy atom. The maximum atomic E-state index is 14.3. The van der Waals surface area contributed by atoms with E-state index in [9.17, 15) is 18.8 Å². The first-order valence-corrected chi connectivity index (χ1v) is 9.65. The molecular weight excluding hydrogens is 417 g/mol. The summed E-state index contributed by atoms with van der Waals surface area (Å²) in [6, 6.07) is -1.22. The number of hydrogen-bond donors (Lipinski definition) is 1. The molecule has 9 nitrogen and oxygen atoms in total. The van der Waals surface area contributed by atoms with Crippen LogP contribution in [0.2, 0.25) is 0 Å². The Morgan fingerprint density at radius 3 is 2.81 bits per heavy atom. The van der Waals surface area contributed by atoms with Gasteiger partial charge in [0.05, 0.1) is 30.8 Å². The lowest BCUT2D eigenvalue weighted by molar-refractivity contribution is -0.136. The molecule has 1 aromatic heterocycles. The Bertz CT molecular complexity index is 1470. The number of halogens is 1. The summed E-state index contributed by atoms with van der Waals surface area (Å²) in [7, 11) is 0. The van der Waals surface area contributed by atoms with Crippen LogP contribution in [0.15, 0.2) is 48.5 Å². The fraction of sp³-hybridized carbons (Fsp3) is 0.227. The highest BCUT2D eigenvalue weighted by Crippen LogP contribution is 2.35. The Hall–Kier alpha value is -4.08. The van der Waals surface area contributed by atoms with Gasteiger partial charge in [-0.3, -0.25) is 19.7 Å². The minimum atomic E-state index is -0.870. The van der Waals surface area contributed by atoms with Gasteiger partial charge in [-0.25, -0.2) is 9.07 Å². The van der Waals surface area contributed by atoms with Gasteiger partial charge in [-0.1, -0.05) is 23.3 Å². The van der Waals surface area contributed by atoms with Crippen molar-refractivity contribution in [1.82, 2.24) is 25.2 Å². The maximum absolute atomic E-state index is 14.3. The van der Waals surface area contributed by atoms with E-state index in [4.69, 9.17) is 11.6 Å². The predicted molar refractivity (Wildman–Crippen MR) is 108 cm³/mol. The molecule has 0 spiro atoms. The van der Waals surface area contributed by atoms with Crippen molar-refractivity contribution in [2.24, 2.45) is 0 Å². The number of aromatic nitrogens is 3. The summed E-state index contributed by atoms with van der Waals surface area (Å²) >= 11 is 0. The van der Waals surface area contributed by atoms with Crippen LogP contribution in [0.25, 0.3) is 5.69 Å². The van der Waals surface area contributed by atoms with E-state index in [0.29, 0.717) is 5.56 Å². The molecule has 3 heterocycles. The van der Waals surface area contributed by atoms with Gasteiger partial charge in [0.25, 0.3) is 5.91 Å². The quantitative estimate of drug-likeness (QED) is 0.606. The molecule has 2 aromatic carbocycles. The van der Waals surface area contributed by atoms with Crippen LogP contribution in [0.3, 0.4) is 0 Å². The molecule has 5 rings (SSSR count). The smallest absolute Gasteiger partial charge is 0.255 e. The van der Waals surface area contributed by atoms with E-state index in [-0.39, 0.29) is 48.7 Å². The fourth-order valence-electron chi connectivity index (χ4n) is 3.71. The lowest BCUT2D eigenvalue weighted by atomic mass is 10.0. The lowest BCUT2D eigenvalue weighted by Crippen LogP contribution is -2.52. The summed E-state index contributed by atoms with van der Waals surface area (Å²) in [4.78, 5) is 37.9. The standard InChI is InChI=1S/C22H18FN5O4/c23-13-8-16-17(11-27(22(16)31)18-6-7-20(29)24-21(18)30)19(9-13)32-12-14-10-28(26-25-14)15-4-2-1-3-5-15/h1-5,8-10,18H,6-7,11-12H2,(H,24,29,30)/i1D,2D,3D,4D,5D. The predicted octanol–water partition coefficient (Wildman–Crippen LogP) is 1.75. The molecule has 2 aliphatic heterocycles. The van der Waals surface area contributed by atoms with E-state index < -0.39 is 59.8 Å². The van der Waals surface area contributed by atoms with Crippen LogP contribution < -0.4 is 10.1 Å². The number of fused-ring (bicyclic) bond motifs is 1. The molecule has 1 fully saturated rings. The van der Waals surface area contributed by atoms with Gasteiger partial charge < -0.3 is 9.64 Å². The Kier molecular flexibility index (Phi) is 3.65. The third kappa shape index (κ3) is 3.59. The minimum Gasteiger partial charge on any atom is -0.487 e. The minimum absolute atomic E-state index is 0.0226. The number of amides is 3. The van der Waals surface area contributed by atoms with Crippen LogP contribution >= 0.6 is 0 Å². The van der Waals surface area contributed by atoms with Gasteiger partial charge >= 0.3 is 0 Å². The van der Waals surface area contributed by atoms with E-state index >= 15 is 0 Å². The van der Waals surface area contributed by atoms with E-state index in [0.717, 1.165) is 16.8 Å². The van der Waals surface area contributed by atoms with Crippen molar-refractivity contribution in [1.29, 1.82) is 0 Å². The second kappa shape index (κ2) is 7.88. The molecule has 3 amide bonds.